The van der Waals surface area contributed by atoms with Crippen molar-refractivity contribution in [3.63, 3.8) is 0 Å². The highest BCUT2D eigenvalue weighted by Gasteiger charge is 2.22. The zero-order valence-electron chi connectivity index (χ0n) is 14.5. The number of rotatable bonds is 5. The van der Waals surface area contributed by atoms with Crippen molar-refractivity contribution in [2.24, 2.45) is 0 Å². The molecule has 1 heterocycles. The van der Waals surface area contributed by atoms with E-state index in [1.54, 1.807) is 13.0 Å². The Morgan fingerprint density at radius 2 is 1.92 bits per heavy atom. The fourth-order valence-corrected chi connectivity index (χ4v) is 2.71. The number of nitrogens with two attached hydrogens (primary N) is 1. The molecule has 0 unspecified atom stereocenters. The van der Waals surface area contributed by atoms with Gasteiger partial charge in [-0.1, -0.05) is 11.6 Å². The number of H-pyrrole nitrogens is 1. The molecule has 1 aromatic carbocycles. The molecular weight excluding hydrogens is 356 g/mol. The summed E-state index contributed by atoms with van der Waals surface area (Å²) in [5.41, 5.74) is 5.29. The van der Waals surface area contributed by atoms with Crippen LogP contribution >= 0.6 is 11.6 Å². The minimum Gasteiger partial charge on any atom is -0.490 e. The first-order valence-electron chi connectivity index (χ1n) is 7.83. The van der Waals surface area contributed by atoms with E-state index in [2.05, 4.69) is 4.98 Å². The van der Waals surface area contributed by atoms with E-state index in [1.165, 1.54) is 6.07 Å². The largest absolute Gasteiger partial charge is 0.490 e. The molecule has 0 saturated heterocycles. The lowest BCUT2D eigenvalue weighted by molar-refractivity contribution is 0.224. The smallest absolute Gasteiger partial charge is 0.268 e. The van der Waals surface area contributed by atoms with Crippen molar-refractivity contribution in [2.45, 2.75) is 26.9 Å². The Morgan fingerprint density at radius 3 is 2.46 bits per heavy atom. The number of aromatic amines is 1. The molecule has 26 heavy (non-hydrogen) atoms. The van der Waals surface area contributed by atoms with E-state index in [1.807, 2.05) is 26.0 Å². The van der Waals surface area contributed by atoms with E-state index < -0.39 is 5.56 Å². The van der Waals surface area contributed by atoms with Gasteiger partial charge < -0.3 is 20.2 Å². The average molecular weight is 373 g/mol. The summed E-state index contributed by atoms with van der Waals surface area (Å²) in [4.78, 5) is 14.4. The van der Waals surface area contributed by atoms with Gasteiger partial charge in [0.25, 0.3) is 5.56 Å². The van der Waals surface area contributed by atoms with Crippen molar-refractivity contribution >= 4 is 17.4 Å². The average Bonchev–Trinajstić information content (AvgIpc) is 2.57. The Morgan fingerprint density at radius 1 is 1.27 bits per heavy atom. The van der Waals surface area contributed by atoms with Gasteiger partial charge in [-0.2, -0.15) is 10.5 Å². The van der Waals surface area contributed by atoms with Crippen LogP contribution in [0.4, 0.5) is 5.82 Å². The summed E-state index contributed by atoms with van der Waals surface area (Å²) in [5, 5.41) is 19.0. The molecule has 3 N–H and O–H groups in total. The first kappa shape index (κ1) is 19.2. The zero-order valence-corrected chi connectivity index (χ0v) is 15.3. The lowest BCUT2D eigenvalue weighted by atomic mass is 9.96. The first-order chi connectivity index (χ1) is 12.3. The van der Waals surface area contributed by atoms with Crippen LogP contribution in [0.3, 0.4) is 0 Å². The molecular formula is C18H17ClN4O3. The number of nitrogens with one attached hydrogen (secondary N) is 1. The molecule has 0 aliphatic rings. The van der Waals surface area contributed by atoms with Crippen molar-refractivity contribution in [3.05, 3.63) is 38.6 Å². The fraction of sp³-hybridized carbons (Fsp3) is 0.278. The van der Waals surface area contributed by atoms with Crippen molar-refractivity contribution in [2.75, 3.05) is 12.3 Å². The number of pyridine rings is 1. The van der Waals surface area contributed by atoms with E-state index >= 15 is 0 Å². The van der Waals surface area contributed by atoms with Gasteiger partial charge in [0.05, 0.1) is 17.7 Å². The van der Waals surface area contributed by atoms with Gasteiger partial charge in [0.1, 0.15) is 29.1 Å². The van der Waals surface area contributed by atoms with E-state index in [-0.39, 0.29) is 33.6 Å². The summed E-state index contributed by atoms with van der Waals surface area (Å²) < 4.78 is 11.3. The second-order valence-corrected chi connectivity index (χ2v) is 6.01. The Labute approximate surface area is 155 Å². The Balaban J connectivity index is 2.85. The first-order valence-corrected chi connectivity index (χ1v) is 8.21. The third-order valence-corrected chi connectivity index (χ3v) is 3.70. The molecule has 8 heteroatoms. The van der Waals surface area contributed by atoms with Crippen LogP contribution < -0.4 is 20.8 Å². The lowest BCUT2D eigenvalue weighted by Gasteiger charge is -2.18. The predicted octanol–water partition coefficient (Wildman–Crippen LogP) is 3.21. The second kappa shape index (κ2) is 7.81. The molecule has 0 atom stereocenters. The summed E-state index contributed by atoms with van der Waals surface area (Å²) in [6.45, 7) is 5.84. The van der Waals surface area contributed by atoms with Crippen LogP contribution in [0.25, 0.3) is 11.1 Å². The highest BCUT2D eigenvalue weighted by Crippen LogP contribution is 2.41. The zero-order chi connectivity index (χ0) is 19.4. The van der Waals surface area contributed by atoms with E-state index in [9.17, 15) is 15.3 Å². The number of nitrogens with zero attached hydrogens (tertiary/aromatic N) is 2. The third-order valence-electron chi connectivity index (χ3n) is 3.42. The highest BCUT2D eigenvalue weighted by atomic mass is 35.5. The van der Waals surface area contributed by atoms with Crippen LogP contribution in [-0.2, 0) is 0 Å². The molecule has 2 rings (SSSR count). The van der Waals surface area contributed by atoms with Gasteiger partial charge in [0.2, 0.25) is 0 Å². The summed E-state index contributed by atoms with van der Waals surface area (Å²) in [5.74, 6) is 0.570. The maximum atomic E-state index is 12.1. The minimum atomic E-state index is -0.685. The molecule has 0 aliphatic heterocycles. The number of benzene rings is 1. The molecule has 0 saturated carbocycles. The summed E-state index contributed by atoms with van der Waals surface area (Å²) >= 11 is 6.35. The molecule has 0 amide bonds. The Kier molecular flexibility index (Phi) is 5.76. The number of nitriles is 2. The van der Waals surface area contributed by atoms with Crippen molar-refractivity contribution in [1.82, 2.24) is 4.98 Å². The molecule has 0 radical (unpaired) electrons. The van der Waals surface area contributed by atoms with Crippen LogP contribution in [-0.4, -0.2) is 17.7 Å². The van der Waals surface area contributed by atoms with Crippen LogP contribution in [0.5, 0.6) is 11.5 Å². The van der Waals surface area contributed by atoms with Crippen LogP contribution in [0.15, 0.2) is 16.9 Å². The second-order valence-electron chi connectivity index (χ2n) is 5.60. The lowest BCUT2D eigenvalue weighted by Crippen LogP contribution is -2.16. The molecule has 1 aromatic heterocycles. The molecule has 7 nitrogen and oxygen atoms in total. The van der Waals surface area contributed by atoms with E-state index in [0.29, 0.717) is 23.7 Å². The highest BCUT2D eigenvalue weighted by molar-refractivity contribution is 6.32. The standard InChI is InChI=1S/C18H17ClN4O3/c1-4-25-14-6-10(5-13(19)16(14)26-9(2)3)15-11(7-20)17(22)23-18(24)12(15)8-21/h5-6,9H,4H2,1-3H3,(H3,22,23,24). The number of nitrogen functional groups attached to an aromatic ring is 1. The number of halogens is 1. The Bertz CT molecular complexity index is 984. The minimum absolute atomic E-state index is 0.0165. The topological polar surface area (TPSA) is 125 Å². The number of hydrogen-bond acceptors (Lipinski definition) is 6. The Hall–Kier alpha value is -3.16. The quantitative estimate of drug-likeness (QED) is 0.830. The number of anilines is 1. The summed E-state index contributed by atoms with van der Waals surface area (Å²) in [7, 11) is 0. The molecule has 2 aromatic rings. The summed E-state index contributed by atoms with van der Waals surface area (Å²) in [6, 6.07) is 6.82. The number of hydrogen-bond donors (Lipinski definition) is 2. The van der Waals surface area contributed by atoms with Crippen molar-refractivity contribution in [3.8, 4) is 34.8 Å². The molecule has 0 fully saturated rings. The van der Waals surface area contributed by atoms with Crippen LogP contribution in [0, 0.1) is 22.7 Å². The predicted molar refractivity (Wildman–Crippen MR) is 98.3 cm³/mol. The van der Waals surface area contributed by atoms with Gasteiger partial charge >= 0.3 is 0 Å². The van der Waals surface area contributed by atoms with Crippen LogP contribution in [0.1, 0.15) is 31.9 Å². The maximum Gasteiger partial charge on any atom is 0.268 e. The van der Waals surface area contributed by atoms with Crippen molar-refractivity contribution in [1.29, 1.82) is 10.5 Å². The van der Waals surface area contributed by atoms with E-state index in [4.69, 9.17) is 26.8 Å². The van der Waals surface area contributed by atoms with Gasteiger partial charge in [-0.15, -0.1) is 0 Å². The molecule has 134 valence electrons. The monoisotopic (exact) mass is 372 g/mol. The molecule has 0 spiro atoms. The normalized spacial score (nSPS) is 10.3. The maximum absolute atomic E-state index is 12.1. The molecule has 0 bridgehead atoms. The SMILES string of the molecule is CCOc1cc(-c2c(C#N)c(N)[nH]c(=O)c2C#N)cc(Cl)c1OC(C)C. The van der Waals surface area contributed by atoms with Gasteiger partial charge in [-0.05, 0) is 38.5 Å². The van der Waals surface area contributed by atoms with Gasteiger partial charge in [-0.25, -0.2) is 0 Å². The fourth-order valence-electron chi connectivity index (χ4n) is 2.46. The number of ether oxygens (including phenoxy) is 2. The van der Waals surface area contributed by atoms with Gasteiger partial charge in [0, 0.05) is 5.56 Å². The summed E-state index contributed by atoms with van der Waals surface area (Å²) in [6.07, 6.45) is -0.142. The van der Waals surface area contributed by atoms with Gasteiger partial charge in [0.15, 0.2) is 11.5 Å². The molecule has 0 aliphatic carbocycles. The van der Waals surface area contributed by atoms with Gasteiger partial charge in [-0.3, -0.25) is 4.79 Å². The third kappa shape index (κ3) is 3.58. The van der Waals surface area contributed by atoms with Crippen molar-refractivity contribution < 1.29 is 9.47 Å². The van der Waals surface area contributed by atoms with Crippen LogP contribution in [0.2, 0.25) is 5.02 Å². The van der Waals surface area contributed by atoms with E-state index in [0.717, 1.165) is 0 Å². The number of aromatic nitrogens is 1.